The van der Waals surface area contributed by atoms with E-state index in [1.807, 2.05) is 67.6 Å². The number of hydrogen-bond acceptors (Lipinski definition) is 3. The van der Waals surface area contributed by atoms with Crippen LogP contribution in [0.1, 0.15) is 28.4 Å². The molecule has 1 aliphatic heterocycles. The average molecular weight is 358 g/mol. The van der Waals surface area contributed by atoms with Gasteiger partial charge in [0.1, 0.15) is 0 Å². The van der Waals surface area contributed by atoms with Crippen LogP contribution in [0.2, 0.25) is 0 Å². The van der Waals surface area contributed by atoms with Crippen molar-refractivity contribution in [3.05, 3.63) is 89.5 Å². The van der Waals surface area contributed by atoms with Gasteiger partial charge in [0, 0.05) is 33.2 Å². The van der Waals surface area contributed by atoms with Gasteiger partial charge in [-0.2, -0.15) is 0 Å². The van der Waals surface area contributed by atoms with E-state index >= 15 is 0 Å². The van der Waals surface area contributed by atoms with Gasteiger partial charge < -0.3 is 5.32 Å². The van der Waals surface area contributed by atoms with E-state index in [1.54, 1.807) is 11.8 Å². The van der Waals surface area contributed by atoms with Crippen LogP contribution in [-0.2, 0) is 6.54 Å². The number of benzene rings is 3. The van der Waals surface area contributed by atoms with E-state index in [-0.39, 0.29) is 5.91 Å². The number of amides is 1. The normalized spacial score (nSPS) is 12.4. The smallest absolute Gasteiger partial charge is 0.251 e. The van der Waals surface area contributed by atoms with Gasteiger partial charge in [-0.1, -0.05) is 60.3 Å². The van der Waals surface area contributed by atoms with Crippen LogP contribution in [0.3, 0.4) is 0 Å². The first-order valence-corrected chi connectivity index (χ1v) is 9.31. The summed E-state index contributed by atoms with van der Waals surface area (Å²) in [5.41, 5.74) is 4.66. The van der Waals surface area contributed by atoms with Crippen LogP contribution in [0.25, 0.3) is 0 Å². The molecule has 0 saturated heterocycles. The molecule has 128 valence electrons. The standard InChI is InChI=1S/C22H18N2OS/c1-15-18-9-5-6-10-20(18)26-21-12-11-17(13-19(21)24-15)22(25)23-14-16-7-3-2-4-8-16/h2-13H,14H2,1H3,(H,23,25). The number of rotatable bonds is 3. The maximum Gasteiger partial charge on any atom is 0.251 e. The van der Waals surface area contributed by atoms with E-state index in [9.17, 15) is 4.79 Å². The fraction of sp³-hybridized carbons (Fsp3) is 0.0909. The number of fused-ring (bicyclic) bond motifs is 2. The number of nitrogens with zero attached hydrogens (tertiary/aromatic N) is 1. The van der Waals surface area contributed by atoms with Crippen molar-refractivity contribution in [3.8, 4) is 0 Å². The monoisotopic (exact) mass is 358 g/mol. The van der Waals surface area contributed by atoms with Crippen LogP contribution in [0, 0.1) is 0 Å². The molecule has 1 heterocycles. The molecular formula is C22H18N2OS. The molecule has 1 N–H and O–H groups in total. The van der Waals surface area contributed by atoms with Crippen molar-refractivity contribution >= 4 is 29.1 Å². The zero-order valence-corrected chi connectivity index (χ0v) is 15.2. The second-order valence-electron chi connectivity index (χ2n) is 6.15. The van der Waals surface area contributed by atoms with Crippen molar-refractivity contribution in [1.29, 1.82) is 0 Å². The lowest BCUT2D eigenvalue weighted by Crippen LogP contribution is -2.22. The fourth-order valence-corrected chi connectivity index (χ4v) is 3.98. The van der Waals surface area contributed by atoms with Crippen LogP contribution < -0.4 is 5.32 Å². The van der Waals surface area contributed by atoms with E-state index < -0.39 is 0 Å². The average Bonchev–Trinajstić information content (AvgIpc) is 2.82. The Kier molecular flexibility index (Phi) is 4.59. The van der Waals surface area contributed by atoms with Gasteiger partial charge in [0.05, 0.1) is 5.69 Å². The molecule has 0 atom stereocenters. The van der Waals surface area contributed by atoms with Gasteiger partial charge in [-0.25, -0.2) is 0 Å². The maximum absolute atomic E-state index is 12.5. The van der Waals surface area contributed by atoms with Gasteiger partial charge in [-0.15, -0.1) is 0 Å². The van der Waals surface area contributed by atoms with E-state index in [0.29, 0.717) is 12.1 Å². The zero-order chi connectivity index (χ0) is 17.9. The van der Waals surface area contributed by atoms with Gasteiger partial charge in [0.2, 0.25) is 0 Å². The third-order valence-electron chi connectivity index (χ3n) is 4.30. The Morgan fingerprint density at radius 2 is 1.73 bits per heavy atom. The highest BCUT2D eigenvalue weighted by Gasteiger charge is 2.16. The summed E-state index contributed by atoms with van der Waals surface area (Å²) in [5.74, 6) is -0.0868. The lowest BCUT2D eigenvalue weighted by Gasteiger charge is -2.08. The van der Waals surface area contributed by atoms with E-state index in [1.165, 1.54) is 4.90 Å². The minimum absolute atomic E-state index is 0.0868. The molecule has 0 bridgehead atoms. The van der Waals surface area contributed by atoms with E-state index in [4.69, 9.17) is 4.99 Å². The Labute approximate surface area is 157 Å². The molecule has 0 saturated carbocycles. The summed E-state index contributed by atoms with van der Waals surface area (Å²) < 4.78 is 0. The van der Waals surface area contributed by atoms with Crippen LogP contribution in [0.15, 0.2) is 87.6 Å². The summed E-state index contributed by atoms with van der Waals surface area (Å²) in [6.45, 7) is 2.52. The maximum atomic E-state index is 12.5. The van der Waals surface area contributed by atoms with Crippen LogP contribution in [0.5, 0.6) is 0 Å². The molecule has 3 aromatic rings. The summed E-state index contributed by atoms with van der Waals surface area (Å²) in [4.78, 5) is 19.5. The van der Waals surface area contributed by atoms with Gasteiger partial charge in [-0.05, 0) is 36.8 Å². The molecule has 0 aromatic heterocycles. The molecule has 0 fully saturated rings. The minimum Gasteiger partial charge on any atom is -0.348 e. The van der Waals surface area contributed by atoms with Crippen LogP contribution in [-0.4, -0.2) is 11.6 Å². The molecule has 4 rings (SSSR count). The summed E-state index contributed by atoms with van der Waals surface area (Å²) in [6.07, 6.45) is 0. The number of aliphatic imine (C=N–C) groups is 1. The highest BCUT2D eigenvalue weighted by molar-refractivity contribution is 7.99. The topological polar surface area (TPSA) is 41.5 Å². The Bertz CT molecular complexity index is 996. The summed E-state index contributed by atoms with van der Waals surface area (Å²) in [5, 5.41) is 2.97. The van der Waals surface area contributed by atoms with Gasteiger partial charge in [0.25, 0.3) is 5.91 Å². The molecular weight excluding hydrogens is 340 g/mol. The molecule has 0 unspecified atom stereocenters. The molecule has 0 spiro atoms. The molecule has 26 heavy (non-hydrogen) atoms. The first-order chi connectivity index (χ1) is 12.7. The molecule has 1 amide bonds. The van der Waals surface area contributed by atoms with Crippen LogP contribution in [0.4, 0.5) is 5.69 Å². The highest BCUT2D eigenvalue weighted by Crippen LogP contribution is 2.40. The second-order valence-corrected chi connectivity index (χ2v) is 7.23. The minimum atomic E-state index is -0.0868. The molecule has 1 aliphatic rings. The van der Waals surface area contributed by atoms with Crippen molar-refractivity contribution in [2.45, 2.75) is 23.3 Å². The van der Waals surface area contributed by atoms with E-state index in [2.05, 4.69) is 17.4 Å². The summed E-state index contributed by atoms with van der Waals surface area (Å²) in [6, 6.07) is 23.9. The lowest BCUT2D eigenvalue weighted by atomic mass is 10.1. The predicted molar refractivity (Wildman–Crippen MR) is 106 cm³/mol. The second kappa shape index (κ2) is 7.18. The number of carbonyl (C=O) groups is 1. The van der Waals surface area contributed by atoms with Crippen molar-refractivity contribution in [2.24, 2.45) is 4.99 Å². The molecule has 0 radical (unpaired) electrons. The number of nitrogens with one attached hydrogen (secondary N) is 1. The largest absolute Gasteiger partial charge is 0.348 e. The fourth-order valence-electron chi connectivity index (χ4n) is 2.93. The van der Waals surface area contributed by atoms with Crippen molar-refractivity contribution < 1.29 is 4.79 Å². The Hall–Kier alpha value is -2.85. The van der Waals surface area contributed by atoms with Gasteiger partial charge >= 0.3 is 0 Å². The van der Waals surface area contributed by atoms with Gasteiger partial charge in [0.15, 0.2) is 0 Å². The quantitative estimate of drug-likeness (QED) is 0.697. The Balaban J connectivity index is 1.58. The van der Waals surface area contributed by atoms with E-state index in [0.717, 1.165) is 27.4 Å². The molecule has 3 nitrogen and oxygen atoms in total. The van der Waals surface area contributed by atoms with Gasteiger partial charge in [-0.3, -0.25) is 9.79 Å². The highest BCUT2D eigenvalue weighted by atomic mass is 32.2. The Morgan fingerprint density at radius 3 is 2.58 bits per heavy atom. The lowest BCUT2D eigenvalue weighted by molar-refractivity contribution is 0.0951. The van der Waals surface area contributed by atoms with Crippen molar-refractivity contribution in [1.82, 2.24) is 5.32 Å². The third-order valence-corrected chi connectivity index (χ3v) is 5.44. The molecule has 3 aromatic carbocycles. The molecule has 0 aliphatic carbocycles. The summed E-state index contributed by atoms with van der Waals surface area (Å²) in [7, 11) is 0. The zero-order valence-electron chi connectivity index (χ0n) is 14.4. The number of hydrogen-bond donors (Lipinski definition) is 1. The molecule has 4 heteroatoms. The van der Waals surface area contributed by atoms with Crippen molar-refractivity contribution in [2.75, 3.05) is 0 Å². The Morgan fingerprint density at radius 1 is 0.962 bits per heavy atom. The first kappa shape index (κ1) is 16.6. The first-order valence-electron chi connectivity index (χ1n) is 8.49. The van der Waals surface area contributed by atoms with Crippen molar-refractivity contribution in [3.63, 3.8) is 0 Å². The number of carbonyl (C=O) groups excluding carboxylic acids is 1. The predicted octanol–water partition coefficient (Wildman–Crippen LogP) is 5.22. The SMILES string of the molecule is CC1=Nc2cc(C(=O)NCc3ccccc3)ccc2Sc2ccccc21. The summed E-state index contributed by atoms with van der Waals surface area (Å²) >= 11 is 1.69. The third kappa shape index (κ3) is 3.41. The van der Waals surface area contributed by atoms with Crippen LogP contribution >= 0.6 is 11.8 Å².